The van der Waals surface area contributed by atoms with Crippen molar-refractivity contribution >= 4 is 28.9 Å². The topological polar surface area (TPSA) is 50.5 Å². The summed E-state index contributed by atoms with van der Waals surface area (Å²) in [5.74, 6) is 2.84. The Bertz CT molecular complexity index is 1170. The van der Waals surface area contributed by atoms with Gasteiger partial charge in [0, 0.05) is 41.0 Å². The number of aryl methyl sites for hydroxylation is 1. The van der Waals surface area contributed by atoms with Crippen LogP contribution in [0.3, 0.4) is 0 Å². The molecule has 5 rings (SSSR count). The Kier molecular flexibility index (Phi) is 6.57. The summed E-state index contributed by atoms with van der Waals surface area (Å²) in [4.78, 5) is 8.53. The van der Waals surface area contributed by atoms with Gasteiger partial charge in [0.15, 0.2) is 0 Å². The van der Waals surface area contributed by atoms with Crippen LogP contribution in [-0.4, -0.2) is 35.7 Å². The van der Waals surface area contributed by atoms with Gasteiger partial charge in [0.2, 0.25) is 0 Å². The van der Waals surface area contributed by atoms with Crippen LogP contribution in [0.5, 0.6) is 0 Å². The number of piperidine rings is 1. The van der Waals surface area contributed by atoms with E-state index in [1.54, 1.807) is 18.2 Å². The van der Waals surface area contributed by atoms with Crippen molar-refractivity contribution in [2.45, 2.75) is 63.7 Å². The summed E-state index contributed by atoms with van der Waals surface area (Å²) in [6.07, 6.45) is 8.21. The first-order chi connectivity index (χ1) is 16.7. The van der Waals surface area contributed by atoms with E-state index in [2.05, 4.69) is 30.1 Å². The van der Waals surface area contributed by atoms with Crippen LogP contribution >= 0.6 is 23.2 Å². The molecule has 2 bridgehead atoms. The van der Waals surface area contributed by atoms with Gasteiger partial charge in [0.25, 0.3) is 0 Å². The van der Waals surface area contributed by atoms with Crippen molar-refractivity contribution < 1.29 is 9.23 Å². The lowest BCUT2D eigenvalue weighted by molar-refractivity contribution is -0.00820. The Morgan fingerprint density at radius 2 is 2.09 bits per heavy atom. The van der Waals surface area contributed by atoms with Crippen LogP contribution in [0.2, 0.25) is 10.0 Å². The van der Waals surface area contributed by atoms with Crippen LogP contribution in [0.1, 0.15) is 43.7 Å². The third kappa shape index (κ3) is 3.95. The van der Waals surface area contributed by atoms with E-state index in [0.717, 1.165) is 24.1 Å². The van der Waals surface area contributed by atoms with Gasteiger partial charge in [-0.2, -0.15) is 0 Å². The Morgan fingerprint density at radius 1 is 1.31 bits per heavy atom. The zero-order valence-electron chi connectivity index (χ0n) is 20.3. The highest BCUT2D eigenvalue weighted by Crippen LogP contribution is 2.60. The molecular weight excluding hydrogens is 484 g/mol. The predicted molar refractivity (Wildman–Crippen MR) is 140 cm³/mol. The molecule has 186 valence electrons. The molecule has 0 aromatic heterocycles. The Balaban J connectivity index is 1.51. The smallest absolute Gasteiger partial charge is 0.145 e. The first-order valence-corrected chi connectivity index (χ1v) is 13.0. The molecule has 0 amide bonds. The highest BCUT2D eigenvalue weighted by atomic mass is 35.5. The van der Waals surface area contributed by atoms with Crippen LogP contribution < -0.4 is 11.2 Å². The van der Waals surface area contributed by atoms with Gasteiger partial charge in [0.05, 0.1) is 17.3 Å². The van der Waals surface area contributed by atoms with E-state index in [9.17, 15) is 0 Å². The SMILES string of the molecule is C#CC1C2C(N)C(c3cccc(Cl)c3F)C(CONc3cc(Cl)ccc3C)N2C2CC(C)C1(C)C2. The fraction of sp³-hybridized carbons (Fsp3) is 0.500. The van der Waals surface area contributed by atoms with E-state index in [1.165, 1.54) is 0 Å². The standard InChI is InChI=1S/C28H32Cl2FN3O/c1-5-20-27-26(32)24(19-7-6-8-21(30)25(19)31)23(34(27)18-11-16(3)28(20,4)13-18)14-35-33-22-12-17(29)10-9-15(22)2/h1,6-10,12,16,18,20,23-24,26-27,33H,11,13-14,32H2,2-4H3. The monoisotopic (exact) mass is 515 g/mol. The maximum absolute atomic E-state index is 15.3. The van der Waals surface area contributed by atoms with Crippen molar-refractivity contribution in [1.82, 2.24) is 4.90 Å². The first kappa shape index (κ1) is 24.9. The van der Waals surface area contributed by atoms with Crippen molar-refractivity contribution in [3.63, 3.8) is 0 Å². The molecule has 2 aromatic rings. The van der Waals surface area contributed by atoms with Crippen molar-refractivity contribution in [2.75, 3.05) is 12.1 Å². The van der Waals surface area contributed by atoms with Gasteiger partial charge in [-0.05, 0) is 60.4 Å². The minimum Gasteiger partial charge on any atom is -0.326 e. The molecule has 3 aliphatic rings. The molecular formula is C28H32Cl2FN3O. The normalized spacial score (nSPS) is 36.1. The first-order valence-electron chi connectivity index (χ1n) is 12.2. The number of benzene rings is 2. The predicted octanol–water partition coefficient (Wildman–Crippen LogP) is 6.02. The molecule has 3 N–H and O–H groups in total. The van der Waals surface area contributed by atoms with E-state index in [1.807, 2.05) is 25.1 Å². The number of nitrogens with zero attached hydrogens (tertiary/aromatic N) is 1. The molecule has 35 heavy (non-hydrogen) atoms. The van der Waals surface area contributed by atoms with Crippen LogP contribution in [0.4, 0.5) is 10.1 Å². The van der Waals surface area contributed by atoms with Gasteiger partial charge >= 0.3 is 0 Å². The minimum atomic E-state index is -0.417. The summed E-state index contributed by atoms with van der Waals surface area (Å²) < 4.78 is 15.3. The Hall–Kier alpha value is -1.81. The average Bonchev–Trinajstić information content (AvgIpc) is 3.24. The Labute approximate surface area is 217 Å². The molecule has 2 saturated heterocycles. The fourth-order valence-corrected chi connectivity index (χ4v) is 7.44. The molecule has 1 aliphatic carbocycles. The number of anilines is 1. The van der Waals surface area contributed by atoms with Crippen molar-refractivity contribution in [3.8, 4) is 12.3 Å². The lowest BCUT2D eigenvalue weighted by Crippen LogP contribution is -2.57. The summed E-state index contributed by atoms with van der Waals surface area (Å²) in [6.45, 7) is 6.89. The van der Waals surface area contributed by atoms with Gasteiger partial charge in [0.1, 0.15) is 5.82 Å². The van der Waals surface area contributed by atoms with Gasteiger partial charge in [-0.3, -0.25) is 15.2 Å². The van der Waals surface area contributed by atoms with E-state index in [0.29, 0.717) is 29.2 Å². The second-order valence-corrected chi connectivity index (χ2v) is 11.6. The molecule has 7 heteroatoms. The zero-order chi connectivity index (χ0) is 25.1. The molecule has 1 saturated carbocycles. The van der Waals surface area contributed by atoms with Crippen LogP contribution in [0.15, 0.2) is 36.4 Å². The quantitative estimate of drug-likeness (QED) is 0.377. The fourth-order valence-electron chi connectivity index (χ4n) is 7.08. The van der Waals surface area contributed by atoms with Gasteiger partial charge < -0.3 is 5.73 Å². The summed E-state index contributed by atoms with van der Waals surface area (Å²) in [6, 6.07) is 10.5. The maximum Gasteiger partial charge on any atom is 0.145 e. The van der Waals surface area contributed by atoms with Crippen LogP contribution in [-0.2, 0) is 4.84 Å². The van der Waals surface area contributed by atoms with E-state index in [4.69, 9.17) is 40.2 Å². The van der Waals surface area contributed by atoms with E-state index >= 15 is 4.39 Å². The van der Waals surface area contributed by atoms with Crippen molar-refractivity contribution in [3.05, 3.63) is 63.4 Å². The molecule has 8 unspecified atom stereocenters. The maximum atomic E-state index is 15.3. The number of hydrogen-bond acceptors (Lipinski definition) is 4. The Morgan fingerprint density at radius 3 is 2.83 bits per heavy atom. The van der Waals surface area contributed by atoms with E-state index in [-0.39, 0.29) is 40.4 Å². The number of hydrogen-bond donors (Lipinski definition) is 2. The molecule has 0 spiro atoms. The molecule has 2 aliphatic heterocycles. The number of halogens is 3. The number of nitrogens with two attached hydrogens (primary N) is 1. The molecule has 8 atom stereocenters. The second-order valence-electron chi connectivity index (χ2n) is 10.8. The lowest BCUT2D eigenvalue weighted by Gasteiger charge is -2.48. The second kappa shape index (κ2) is 9.25. The lowest BCUT2D eigenvalue weighted by atomic mass is 9.65. The number of terminal acetylenes is 1. The third-order valence-electron chi connectivity index (χ3n) is 9.01. The van der Waals surface area contributed by atoms with Crippen LogP contribution in [0.25, 0.3) is 0 Å². The van der Waals surface area contributed by atoms with Gasteiger partial charge in [-0.15, -0.1) is 12.3 Å². The van der Waals surface area contributed by atoms with Crippen molar-refractivity contribution in [2.24, 2.45) is 23.0 Å². The molecule has 0 radical (unpaired) electrons. The highest BCUT2D eigenvalue weighted by Gasteiger charge is 2.64. The van der Waals surface area contributed by atoms with Crippen molar-refractivity contribution in [1.29, 1.82) is 0 Å². The van der Waals surface area contributed by atoms with Gasteiger partial charge in [-0.25, -0.2) is 4.39 Å². The van der Waals surface area contributed by atoms with Crippen LogP contribution in [0, 0.1) is 42.3 Å². The number of fused-ring (bicyclic) bond motifs is 4. The third-order valence-corrected chi connectivity index (χ3v) is 9.53. The zero-order valence-corrected chi connectivity index (χ0v) is 21.8. The minimum absolute atomic E-state index is 0.0154. The van der Waals surface area contributed by atoms with E-state index < -0.39 is 5.82 Å². The highest BCUT2D eigenvalue weighted by molar-refractivity contribution is 6.31. The summed E-state index contributed by atoms with van der Waals surface area (Å²) in [5.41, 5.74) is 12.4. The van der Waals surface area contributed by atoms with Gasteiger partial charge in [-0.1, -0.05) is 55.2 Å². The summed E-state index contributed by atoms with van der Waals surface area (Å²) in [5, 5.41) is 0.721. The number of rotatable bonds is 5. The summed E-state index contributed by atoms with van der Waals surface area (Å²) >= 11 is 12.4. The molecule has 2 heterocycles. The molecule has 3 fully saturated rings. The molecule has 4 nitrogen and oxygen atoms in total. The molecule has 2 aromatic carbocycles. The average molecular weight is 516 g/mol. The number of nitrogens with one attached hydrogen (secondary N) is 1. The largest absolute Gasteiger partial charge is 0.326 e. The summed E-state index contributed by atoms with van der Waals surface area (Å²) in [7, 11) is 0.